The maximum atomic E-state index is 12.9. The molecule has 4 nitrogen and oxygen atoms in total. The van der Waals surface area contributed by atoms with E-state index in [1.807, 2.05) is 27.7 Å². The SMILES string of the molecule is CCP(C)(=O)c1ccc(-n2nc(C)c(C(C)C)c2C)c(OC(F)(F)F)c1. The number of aryl methyl sites for hydroxylation is 1. The Balaban J connectivity index is 2.69. The second kappa shape index (κ2) is 7.10. The molecule has 1 heterocycles. The second-order valence-electron chi connectivity index (χ2n) is 6.77. The van der Waals surface area contributed by atoms with Gasteiger partial charge >= 0.3 is 6.36 Å². The third kappa shape index (κ3) is 4.14. The van der Waals surface area contributed by atoms with E-state index < -0.39 is 19.3 Å². The average Bonchev–Trinajstić information content (AvgIpc) is 2.80. The molecule has 0 bridgehead atoms. The van der Waals surface area contributed by atoms with Crippen LogP contribution in [0, 0.1) is 13.8 Å². The van der Waals surface area contributed by atoms with Crippen LogP contribution < -0.4 is 10.0 Å². The van der Waals surface area contributed by atoms with Crippen LogP contribution in [0.25, 0.3) is 5.69 Å². The van der Waals surface area contributed by atoms with Crippen LogP contribution in [0.4, 0.5) is 13.2 Å². The van der Waals surface area contributed by atoms with Gasteiger partial charge in [-0.3, -0.25) is 0 Å². The minimum absolute atomic E-state index is 0.176. The van der Waals surface area contributed by atoms with Crippen molar-refractivity contribution in [3.63, 3.8) is 0 Å². The highest BCUT2D eigenvalue weighted by Gasteiger charge is 2.33. The minimum Gasteiger partial charge on any atom is -0.403 e. The van der Waals surface area contributed by atoms with E-state index in [-0.39, 0.29) is 11.6 Å². The highest BCUT2D eigenvalue weighted by molar-refractivity contribution is 7.70. The van der Waals surface area contributed by atoms with Gasteiger partial charge in [-0.2, -0.15) is 5.10 Å². The first kappa shape index (κ1) is 20.6. The summed E-state index contributed by atoms with van der Waals surface area (Å²) in [7, 11) is -2.74. The van der Waals surface area contributed by atoms with E-state index in [0.717, 1.165) is 17.0 Å². The Labute approximate surface area is 151 Å². The topological polar surface area (TPSA) is 44.1 Å². The summed E-state index contributed by atoms with van der Waals surface area (Å²) in [5.74, 6) is -0.211. The Morgan fingerprint density at radius 3 is 2.35 bits per heavy atom. The van der Waals surface area contributed by atoms with Gasteiger partial charge in [-0.15, -0.1) is 13.2 Å². The summed E-state index contributed by atoms with van der Waals surface area (Å²) in [6, 6.07) is 4.30. The Bertz CT molecular complexity index is 857. The van der Waals surface area contributed by atoms with Crippen molar-refractivity contribution in [1.82, 2.24) is 9.78 Å². The average molecular weight is 388 g/mol. The molecule has 1 unspecified atom stereocenters. The molecular formula is C18H24F3N2O2P. The normalized spacial score (nSPS) is 14.5. The number of hydrogen-bond donors (Lipinski definition) is 0. The van der Waals surface area contributed by atoms with Crippen LogP contribution in [-0.4, -0.2) is 29.0 Å². The van der Waals surface area contributed by atoms with Gasteiger partial charge < -0.3 is 9.30 Å². The van der Waals surface area contributed by atoms with E-state index in [1.165, 1.54) is 16.8 Å². The number of halogens is 3. The molecule has 0 radical (unpaired) electrons. The van der Waals surface area contributed by atoms with Crippen LogP contribution >= 0.6 is 7.14 Å². The minimum atomic E-state index is -4.85. The van der Waals surface area contributed by atoms with Gasteiger partial charge in [-0.25, -0.2) is 4.68 Å². The summed E-state index contributed by atoms with van der Waals surface area (Å²) in [4.78, 5) is 0. The third-order valence-corrected chi connectivity index (χ3v) is 7.05. The molecule has 2 rings (SSSR count). The Morgan fingerprint density at radius 2 is 1.88 bits per heavy atom. The van der Waals surface area contributed by atoms with E-state index in [0.29, 0.717) is 11.5 Å². The molecular weight excluding hydrogens is 364 g/mol. The van der Waals surface area contributed by atoms with E-state index in [2.05, 4.69) is 9.84 Å². The molecule has 0 saturated carbocycles. The van der Waals surface area contributed by atoms with Crippen LogP contribution in [-0.2, 0) is 4.57 Å². The molecule has 0 fully saturated rings. The molecule has 0 saturated heterocycles. The fraction of sp³-hybridized carbons (Fsp3) is 0.500. The van der Waals surface area contributed by atoms with E-state index >= 15 is 0 Å². The van der Waals surface area contributed by atoms with Crippen LogP contribution in [0.5, 0.6) is 5.75 Å². The van der Waals surface area contributed by atoms with Crippen LogP contribution in [0.15, 0.2) is 18.2 Å². The Morgan fingerprint density at radius 1 is 1.27 bits per heavy atom. The molecule has 1 aromatic heterocycles. The largest absolute Gasteiger partial charge is 0.573 e. The summed E-state index contributed by atoms with van der Waals surface area (Å²) < 4.78 is 57.1. The van der Waals surface area contributed by atoms with Gasteiger partial charge in [-0.1, -0.05) is 20.8 Å². The Hall–Kier alpha value is -1.75. The molecule has 144 valence electrons. The van der Waals surface area contributed by atoms with Crippen LogP contribution in [0.2, 0.25) is 0 Å². The molecule has 8 heteroatoms. The van der Waals surface area contributed by atoms with Crippen molar-refractivity contribution < 1.29 is 22.5 Å². The van der Waals surface area contributed by atoms with Gasteiger partial charge in [0, 0.05) is 17.2 Å². The highest BCUT2D eigenvalue weighted by Crippen LogP contribution is 2.42. The molecule has 0 aliphatic carbocycles. The van der Waals surface area contributed by atoms with Gasteiger partial charge in [0.1, 0.15) is 12.8 Å². The molecule has 0 spiro atoms. The molecule has 0 amide bonds. The predicted octanol–water partition coefficient (Wildman–Crippen LogP) is 5.15. The lowest BCUT2D eigenvalue weighted by Gasteiger charge is -2.18. The number of hydrogen-bond acceptors (Lipinski definition) is 3. The summed E-state index contributed by atoms with van der Waals surface area (Å²) in [6.45, 7) is 11.0. The number of nitrogens with zero attached hydrogens (tertiary/aromatic N) is 2. The highest BCUT2D eigenvalue weighted by atomic mass is 31.2. The zero-order valence-electron chi connectivity index (χ0n) is 15.8. The molecule has 2 aromatic rings. The summed E-state index contributed by atoms with van der Waals surface area (Å²) in [5, 5.41) is 4.76. The van der Waals surface area contributed by atoms with Crippen molar-refractivity contribution in [3.05, 3.63) is 35.2 Å². The monoisotopic (exact) mass is 388 g/mol. The van der Waals surface area contributed by atoms with Crippen LogP contribution in [0.1, 0.15) is 43.6 Å². The van der Waals surface area contributed by atoms with Gasteiger partial charge in [0.25, 0.3) is 0 Å². The van der Waals surface area contributed by atoms with Crippen LogP contribution in [0.3, 0.4) is 0 Å². The quantitative estimate of drug-likeness (QED) is 0.666. The lowest BCUT2D eigenvalue weighted by molar-refractivity contribution is -0.274. The zero-order chi connectivity index (χ0) is 19.9. The molecule has 1 atom stereocenters. The summed E-state index contributed by atoms with van der Waals surface area (Å²) in [6.07, 6.45) is -4.50. The number of alkyl halides is 3. The van der Waals surface area contributed by atoms with Crippen molar-refractivity contribution in [1.29, 1.82) is 0 Å². The van der Waals surface area contributed by atoms with Crippen molar-refractivity contribution in [2.75, 3.05) is 12.8 Å². The third-order valence-electron chi connectivity index (χ3n) is 4.47. The fourth-order valence-electron chi connectivity index (χ4n) is 3.09. The lowest BCUT2D eigenvalue weighted by atomic mass is 10.0. The van der Waals surface area contributed by atoms with Crippen molar-refractivity contribution >= 4 is 12.4 Å². The second-order valence-corrected chi connectivity index (χ2v) is 10.1. The predicted molar refractivity (Wildman–Crippen MR) is 97.5 cm³/mol. The Kier molecular flexibility index (Phi) is 5.62. The van der Waals surface area contributed by atoms with E-state index in [4.69, 9.17) is 0 Å². The van der Waals surface area contributed by atoms with E-state index in [1.54, 1.807) is 19.7 Å². The first-order valence-corrected chi connectivity index (χ1v) is 10.7. The number of rotatable bonds is 5. The maximum Gasteiger partial charge on any atom is 0.573 e. The number of aromatic nitrogens is 2. The van der Waals surface area contributed by atoms with Gasteiger partial charge in [-0.05, 0) is 50.2 Å². The maximum absolute atomic E-state index is 12.9. The zero-order valence-corrected chi connectivity index (χ0v) is 16.7. The first-order chi connectivity index (χ1) is 11.9. The molecule has 0 N–H and O–H groups in total. The van der Waals surface area contributed by atoms with Gasteiger partial charge in [0.05, 0.1) is 5.69 Å². The molecule has 26 heavy (non-hydrogen) atoms. The summed E-state index contributed by atoms with van der Waals surface area (Å²) >= 11 is 0. The molecule has 0 aliphatic rings. The van der Waals surface area contributed by atoms with E-state index in [9.17, 15) is 17.7 Å². The van der Waals surface area contributed by atoms with Gasteiger partial charge in [0.2, 0.25) is 0 Å². The van der Waals surface area contributed by atoms with Crippen molar-refractivity contribution in [2.24, 2.45) is 0 Å². The molecule has 1 aromatic carbocycles. The smallest absolute Gasteiger partial charge is 0.403 e. The fourth-order valence-corrected chi connectivity index (χ4v) is 4.23. The summed E-state index contributed by atoms with van der Waals surface area (Å²) in [5.41, 5.74) is 2.68. The first-order valence-electron chi connectivity index (χ1n) is 8.40. The number of benzene rings is 1. The van der Waals surface area contributed by atoms with Gasteiger partial charge in [0.15, 0.2) is 5.75 Å². The standard InChI is InChI=1S/C18H24F3N2O2P/c1-7-26(6,24)14-8-9-15(16(10-14)25-18(19,20)21)23-13(5)17(11(2)3)12(4)22-23/h8-11H,7H2,1-6H3. The molecule has 0 aliphatic heterocycles. The number of ether oxygens (including phenoxy) is 1. The van der Waals surface area contributed by atoms with Crippen molar-refractivity contribution in [2.45, 2.75) is 46.9 Å². The lowest BCUT2D eigenvalue weighted by Crippen LogP contribution is -2.20. The van der Waals surface area contributed by atoms with Crippen molar-refractivity contribution in [3.8, 4) is 11.4 Å².